The second-order valence-electron chi connectivity index (χ2n) is 7.91. The first-order valence-corrected chi connectivity index (χ1v) is 9.96. The summed E-state index contributed by atoms with van der Waals surface area (Å²) in [5.41, 5.74) is 0.774. The molecule has 29 heavy (non-hydrogen) atoms. The molecule has 6 nitrogen and oxygen atoms in total. The highest BCUT2D eigenvalue weighted by atomic mass is 19.1. The number of halogens is 1. The van der Waals surface area contributed by atoms with E-state index >= 15 is 0 Å². The predicted octanol–water partition coefficient (Wildman–Crippen LogP) is 2.81. The van der Waals surface area contributed by atoms with Crippen LogP contribution in [0.15, 0.2) is 42.5 Å². The van der Waals surface area contributed by atoms with Crippen LogP contribution in [0.5, 0.6) is 0 Å². The maximum atomic E-state index is 13.6. The Morgan fingerprint density at radius 2 is 2.10 bits per heavy atom. The number of benzene rings is 1. The Bertz CT molecular complexity index is 935. The molecule has 1 saturated carbocycles. The van der Waals surface area contributed by atoms with E-state index in [0.717, 1.165) is 19.3 Å². The van der Waals surface area contributed by atoms with E-state index in [1.807, 2.05) is 0 Å². The number of amides is 2. The van der Waals surface area contributed by atoms with Gasteiger partial charge in [0.15, 0.2) is 0 Å². The highest BCUT2D eigenvalue weighted by molar-refractivity contribution is 6.00. The molecule has 2 aromatic rings. The van der Waals surface area contributed by atoms with Crippen LogP contribution in [-0.2, 0) is 11.4 Å². The Balaban J connectivity index is 1.46. The van der Waals surface area contributed by atoms with E-state index < -0.39 is 5.41 Å². The van der Waals surface area contributed by atoms with Crippen LogP contribution in [0.1, 0.15) is 48.3 Å². The monoisotopic (exact) mass is 397 g/mol. The summed E-state index contributed by atoms with van der Waals surface area (Å²) < 4.78 is 13.6. The summed E-state index contributed by atoms with van der Waals surface area (Å²) in [5.74, 6) is -0.639. The third-order valence-electron chi connectivity index (χ3n) is 6.01. The van der Waals surface area contributed by atoms with Crippen molar-refractivity contribution in [1.82, 2.24) is 10.3 Å². The van der Waals surface area contributed by atoms with E-state index in [1.54, 1.807) is 35.2 Å². The molecule has 1 saturated heterocycles. The van der Waals surface area contributed by atoms with Crippen LogP contribution in [0.2, 0.25) is 0 Å². The fourth-order valence-electron chi connectivity index (χ4n) is 4.57. The Labute approximate surface area is 168 Å². The summed E-state index contributed by atoms with van der Waals surface area (Å²) in [6.07, 6.45) is 3.70. The largest absolute Gasteiger partial charge is 0.390 e. The number of rotatable bonds is 4. The summed E-state index contributed by atoms with van der Waals surface area (Å²) in [4.78, 5) is 31.6. The van der Waals surface area contributed by atoms with E-state index in [9.17, 15) is 19.1 Å². The second kappa shape index (κ2) is 7.91. The van der Waals surface area contributed by atoms with Crippen molar-refractivity contribution >= 4 is 17.5 Å². The van der Waals surface area contributed by atoms with Gasteiger partial charge in [0.1, 0.15) is 11.5 Å². The van der Waals surface area contributed by atoms with E-state index in [0.29, 0.717) is 30.8 Å². The molecule has 2 fully saturated rings. The zero-order valence-corrected chi connectivity index (χ0v) is 16.1. The molecule has 4 rings (SSSR count). The van der Waals surface area contributed by atoms with Gasteiger partial charge in [0.25, 0.3) is 5.91 Å². The van der Waals surface area contributed by atoms with Crippen LogP contribution in [-0.4, -0.2) is 34.5 Å². The molecule has 0 unspecified atom stereocenters. The van der Waals surface area contributed by atoms with Gasteiger partial charge in [-0.25, -0.2) is 9.37 Å². The first-order chi connectivity index (χ1) is 14.0. The summed E-state index contributed by atoms with van der Waals surface area (Å²) in [6, 6.07) is 11.0. The van der Waals surface area contributed by atoms with Crippen LogP contribution in [0, 0.1) is 11.2 Å². The number of anilines is 1. The number of nitrogens with zero attached hydrogens (tertiary/aromatic N) is 2. The average Bonchev–Trinajstić information content (AvgIpc) is 3.03. The average molecular weight is 397 g/mol. The van der Waals surface area contributed by atoms with E-state index in [4.69, 9.17) is 0 Å². The second-order valence-corrected chi connectivity index (χ2v) is 7.91. The molecular weight excluding hydrogens is 373 g/mol. The minimum Gasteiger partial charge on any atom is -0.390 e. The molecule has 1 aliphatic heterocycles. The van der Waals surface area contributed by atoms with Gasteiger partial charge < -0.3 is 15.3 Å². The van der Waals surface area contributed by atoms with E-state index in [1.165, 1.54) is 12.1 Å². The molecule has 152 valence electrons. The van der Waals surface area contributed by atoms with Crippen LogP contribution < -0.4 is 10.2 Å². The number of pyridine rings is 1. The smallest absolute Gasteiger partial charge is 0.270 e. The number of aliphatic hydroxyl groups excluding tert-OH is 1. The van der Waals surface area contributed by atoms with Gasteiger partial charge in [0.2, 0.25) is 5.91 Å². The SMILES string of the molecule is O=C(N[C@H]1CCC[C@]2(CCN(c3cccc(F)c3)C2=O)C1)c1cccc(CO)n1. The molecule has 7 heteroatoms. The normalized spacial score (nSPS) is 24.1. The quantitative estimate of drug-likeness (QED) is 0.831. The number of aliphatic hydroxyl groups is 1. The maximum Gasteiger partial charge on any atom is 0.270 e. The fraction of sp³-hybridized carbons (Fsp3) is 0.409. The van der Waals surface area contributed by atoms with Crippen LogP contribution in [0.25, 0.3) is 0 Å². The van der Waals surface area contributed by atoms with E-state index in [-0.39, 0.29) is 36.0 Å². The molecule has 1 spiro atoms. The third-order valence-corrected chi connectivity index (χ3v) is 6.01. The number of hydrogen-bond acceptors (Lipinski definition) is 4. The van der Waals surface area contributed by atoms with Crippen LogP contribution >= 0.6 is 0 Å². The van der Waals surface area contributed by atoms with Crippen molar-refractivity contribution < 1.29 is 19.1 Å². The molecule has 2 atom stereocenters. The Kier molecular flexibility index (Phi) is 5.32. The van der Waals surface area contributed by atoms with Crippen LogP contribution in [0.4, 0.5) is 10.1 Å². The topological polar surface area (TPSA) is 82.5 Å². The molecule has 2 aliphatic rings. The molecule has 2 amide bonds. The summed E-state index contributed by atoms with van der Waals surface area (Å²) in [5, 5.41) is 12.2. The van der Waals surface area contributed by atoms with Crippen LogP contribution in [0.3, 0.4) is 0 Å². The maximum absolute atomic E-state index is 13.6. The number of nitrogens with one attached hydrogen (secondary N) is 1. The van der Waals surface area contributed by atoms with Gasteiger partial charge in [-0.15, -0.1) is 0 Å². The zero-order chi connectivity index (χ0) is 20.4. The van der Waals surface area contributed by atoms with Crippen molar-refractivity contribution in [2.24, 2.45) is 5.41 Å². The lowest BCUT2D eigenvalue weighted by atomic mass is 9.71. The molecule has 0 bridgehead atoms. The third kappa shape index (κ3) is 3.87. The molecule has 1 aromatic carbocycles. The Morgan fingerprint density at radius 1 is 1.28 bits per heavy atom. The number of carbonyl (C=O) groups is 2. The molecule has 1 aromatic heterocycles. The van der Waals surface area contributed by atoms with Gasteiger partial charge in [-0.2, -0.15) is 0 Å². The van der Waals surface area contributed by atoms with Crippen molar-refractivity contribution in [2.45, 2.75) is 44.8 Å². The zero-order valence-electron chi connectivity index (χ0n) is 16.1. The highest BCUT2D eigenvalue weighted by Crippen LogP contribution is 2.46. The van der Waals surface area contributed by atoms with Gasteiger partial charge in [-0.05, 0) is 56.0 Å². The van der Waals surface area contributed by atoms with Gasteiger partial charge in [0, 0.05) is 18.3 Å². The molecule has 0 radical (unpaired) electrons. The van der Waals surface area contributed by atoms with Gasteiger partial charge in [-0.1, -0.05) is 18.6 Å². The minimum absolute atomic E-state index is 0.0162. The first kappa shape index (κ1) is 19.5. The number of carbonyl (C=O) groups excluding carboxylic acids is 2. The van der Waals surface area contributed by atoms with Crippen molar-refractivity contribution in [3.05, 3.63) is 59.7 Å². The Morgan fingerprint density at radius 3 is 2.90 bits per heavy atom. The minimum atomic E-state index is -0.511. The number of aromatic nitrogens is 1. The number of hydrogen-bond donors (Lipinski definition) is 2. The predicted molar refractivity (Wildman–Crippen MR) is 106 cm³/mol. The van der Waals surface area contributed by atoms with E-state index in [2.05, 4.69) is 10.3 Å². The van der Waals surface area contributed by atoms with Gasteiger partial charge in [-0.3, -0.25) is 9.59 Å². The van der Waals surface area contributed by atoms with Gasteiger partial charge in [0.05, 0.1) is 17.7 Å². The molecule has 1 aliphatic carbocycles. The first-order valence-electron chi connectivity index (χ1n) is 9.96. The van der Waals surface area contributed by atoms with Crippen molar-refractivity contribution in [3.63, 3.8) is 0 Å². The fourth-order valence-corrected chi connectivity index (χ4v) is 4.57. The van der Waals surface area contributed by atoms with Crippen molar-refractivity contribution in [1.29, 1.82) is 0 Å². The standard InChI is InChI=1S/C22H24FN3O3/c23-15-4-1-7-18(12-15)26-11-10-22(21(26)29)9-3-6-16(13-22)25-20(28)19-8-2-5-17(14-27)24-19/h1-2,4-5,7-8,12,16,27H,3,6,9-11,13-14H2,(H,25,28)/t16-,22-/m0/s1. The van der Waals surface area contributed by atoms with Crippen molar-refractivity contribution in [3.8, 4) is 0 Å². The molecular formula is C22H24FN3O3. The molecule has 2 heterocycles. The van der Waals surface area contributed by atoms with Gasteiger partial charge >= 0.3 is 0 Å². The van der Waals surface area contributed by atoms with Crippen molar-refractivity contribution in [2.75, 3.05) is 11.4 Å². The lowest BCUT2D eigenvalue weighted by molar-refractivity contribution is -0.127. The molecule has 2 N–H and O–H groups in total. The lowest BCUT2D eigenvalue weighted by Gasteiger charge is -2.36. The summed E-state index contributed by atoms with van der Waals surface area (Å²) >= 11 is 0. The summed E-state index contributed by atoms with van der Waals surface area (Å²) in [6.45, 7) is 0.334. The summed E-state index contributed by atoms with van der Waals surface area (Å²) in [7, 11) is 0. The lowest BCUT2D eigenvalue weighted by Crippen LogP contribution is -2.46. The Hall–Kier alpha value is -2.80. The highest BCUT2D eigenvalue weighted by Gasteiger charge is 2.49.